The van der Waals surface area contributed by atoms with Crippen molar-refractivity contribution < 1.29 is 81.2 Å². The lowest BCUT2D eigenvalue weighted by Gasteiger charge is -2.59. The molecule has 3 fully saturated rings. The molecule has 6 rings (SSSR count). The van der Waals surface area contributed by atoms with Gasteiger partial charge >= 0.3 is 12.1 Å². The van der Waals surface area contributed by atoms with Crippen molar-refractivity contribution >= 4 is 81.9 Å². The lowest BCUT2D eigenvalue weighted by Crippen LogP contribution is -2.72. The molecular formula is C47H68ClIN4O17S. The van der Waals surface area contributed by atoms with Gasteiger partial charge in [0.15, 0.2) is 11.8 Å². The van der Waals surface area contributed by atoms with E-state index in [9.17, 15) is 29.1 Å². The molecule has 0 radical (unpaired) electrons. The van der Waals surface area contributed by atoms with E-state index in [2.05, 4.69) is 8.25 Å². The fraction of sp³-hybridized carbons (Fsp3) is 0.681. The summed E-state index contributed by atoms with van der Waals surface area (Å²) in [5.74, 6) is -1.22. The van der Waals surface area contributed by atoms with Gasteiger partial charge < -0.3 is 62.1 Å². The number of methoxy groups -OCH3 is 2. The molecule has 24 heteroatoms. The highest BCUT2D eigenvalue weighted by Crippen LogP contribution is 2.50. The van der Waals surface area contributed by atoms with Crippen molar-refractivity contribution in [3.8, 4) is 5.75 Å². The summed E-state index contributed by atoms with van der Waals surface area (Å²) in [6.45, 7) is 10.2. The Morgan fingerprint density at radius 1 is 0.944 bits per heavy atom. The van der Waals surface area contributed by atoms with Crippen LogP contribution in [-0.4, -0.2) is 187 Å². The van der Waals surface area contributed by atoms with Gasteiger partial charge in [0.05, 0.1) is 98.4 Å². The molecule has 1 aromatic rings. The Balaban J connectivity index is 1.06. The minimum absolute atomic E-state index is 0.0593. The Labute approximate surface area is 438 Å². The molecule has 0 aromatic heterocycles. The third kappa shape index (κ3) is 16.4. The zero-order valence-corrected chi connectivity index (χ0v) is 45.1. The average Bonchev–Trinajstić information content (AvgIpc) is 3.58. The monoisotopic (exact) mass is 1150 g/mol. The van der Waals surface area contributed by atoms with Crippen LogP contribution in [0.4, 0.5) is 10.5 Å². The molecule has 21 nitrogen and oxygen atoms in total. The molecule has 0 spiro atoms. The smallest absolute Gasteiger partial charge is 0.409 e. The topological polar surface area (TPSA) is 238 Å². The first-order valence-electron chi connectivity index (χ1n) is 23.3. The summed E-state index contributed by atoms with van der Waals surface area (Å²) in [4.78, 5) is 67.7. The van der Waals surface area contributed by atoms with Crippen molar-refractivity contribution in [2.45, 2.75) is 106 Å². The summed E-state index contributed by atoms with van der Waals surface area (Å²) in [6, 6.07) is 3.58. The Morgan fingerprint density at radius 2 is 1.55 bits per heavy atom. The number of esters is 1. The van der Waals surface area contributed by atoms with E-state index >= 15 is 0 Å². The fourth-order valence-electron chi connectivity index (χ4n) is 8.66. The van der Waals surface area contributed by atoms with Crippen LogP contribution in [0.3, 0.4) is 0 Å². The molecule has 5 aliphatic rings. The number of hydrogen-bond donors (Lipinski definition) is 3. The van der Waals surface area contributed by atoms with Crippen LogP contribution in [0.25, 0.3) is 0 Å². The van der Waals surface area contributed by atoms with Gasteiger partial charge in [0.2, 0.25) is 17.7 Å². The first kappa shape index (κ1) is 58.7. The van der Waals surface area contributed by atoms with Crippen LogP contribution in [0.2, 0.25) is 5.02 Å². The summed E-state index contributed by atoms with van der Waals surface area (Å²) in [7, 11) is 4.49. The number of rotatable bonds is 25. The zero-order valence-electron chi connectivity index (χ0n) is 41.3. The summed E-state index contributed by atoms with van der Waals surface area (Å²) in [6.07, 6.45) is 0.621. The third-order valence-electron chi connectivity index (χ3n) is 12.4. The number of anilines is 1. The van der Waals surface area contributed by atoms with Gasteiger partial charge in [-0.2, -0.15) is 0 Å². The van der Waals surface area contributed by atoms with Crippen molar-refractivity contribution in [1.82, 2.24) is 13.2 Å². The highest BCUT2D eigenvalue weighted by molar-refractivity contribution is 14.1. The fourth-order valence-corrected chi connectivity index (χ4v) is 10.5. The lowest BCUT2D eigenvalue weighted by atomic mass is 9.72. The average molecular weight is 1160 g/mol. The second kappa shape index (κ2) is 27.9. The van der Waals surface area contributed by atoms with E-state index < -0.39 is 64.6 Å². The maximum absolute atomic E-state index is 14.2. The molecule has 3 N–H and O–H groups in total. The lowest BCUT2D eigenvalue weighted by molar-refractivity contribution is -0.328. The van der Waals surface area contributed by atoms with Gasteiger partial charge in [0.1, 0.15) is 45.5 Å². The minimum Gasteiger partial charge on any atom is -0.495 e. The van der Waals surface area contributed by atoms with Crippen LogP contribution < -0.4 is 17.9 Å². The Hall–Kier alpha value is -3.18. The normalized spacial score (nSPS) is 28.7. The maximum Gasteiger partial charge on any atom is 0.409 e. The number of carbonyl (C=O) groups excluding carboxylic acids is 5. The molecule has 1 aromatic carbocycles. The molecule has 71 heavy (non-hydrogen) atoms. The van der Waals surface area contributed by atoms with Gasteiger partial charge in [-0.25, -0.2) is 12.5 Å². The van der Waals surface area contributed by atoms with Gasteiger partial charge in [0.25, 0.3) is 0 Å². The van der Waals surface area contributed by atoms with Crippen molar-refractivity contribution in [3.63, 3.8) is 0 Å². The standard InChI is InChI=1S/C47H68ClIN4O17S/c1-30-9-8-10-36(61-7)47(59)28-38(69-44(58)50-47)46(4)29-45(3,70-46)37(27-39(54)52(5)33-24-32(23-30)25-34(60-6)41(33)48)68-43(57)31(2)67-22-21-66-20-19-65-18-17-64-16-15-63-14-13-62-12-11-53-40(55)26-35(42(53)56)71-51-49/h8-10,24-25,31,35-38,51,59H,11-23,26-29H2,1-7H3,(H,50,58)/b10-8+,30-9+/t31-,35?,36+,37-,38-,45+,46?,47-/m0/s1. The maximum atomic E-state index is 14.2. The van der Waals surface area contributed by atoms with E-state index in [-0.39, 0.29) is 75.5 Å². The highest BCUT2D eigenvalue weighted by atomic mass is 127. The van der Waals surface area contributed by atoms with Crippen LogP contribution in [-0.2, 0) is 73.0 Å². The van der Waals surface area contributed by atoms with Gasteiger partial charge in [-0.15, -0.1) is 0 Å². The zero-order chi connectivity index (χ0) is 51.8. The number of amides is 4. The minimum atomic E-state index is -1.87. The van der Waals surface area contributed by atoms with Crippen LogP contribution in [0.15, 0.2) is 35.9 Å². The highest BCUT2D eigenvalue weighted by Gasteiger charge is 2.63. The number of imide groups is 1. The Kier molecular flexibility index (Phi) is 23.1. The largest absolute Gasteiger partial charge is 0.495 e. The number of allylic oxidation sites excluding steroid dienone is 3. The first-order chi connectivity index (χ1) is 33.9. The summed E-state index contributed by atoms with van der Waals surface area (Å²) >= 11 is 9.94. The van der Waals surface area contributed by atoms with E-state index in [1.807, 2.05) is 35.9 Å². The third-order valence-corrected chi connectivity index (χ3v) is 14.3. The van der Waals surface area contributed by atoms with Crippen LogP contribution >= 0.6 is 46.4 Å². The number of benzene rings is 1. The van der Waals surface area contributed by atoms with Crippen molar-refractivity contribution in [1.29, 1.82) is 0 Å². The van der Waals surface area contributed by atoms with Crippen LogP contribution in [0.5, 0.6) is 5.75 Å². The molecule has 5 aliphatic heterocycles. The Morgan fingerprint density at radius 3 is 2.14 bits per heavy atom. The van der Waals surface area contributed by atoms with E-state index in [0.717, 1.165) is 11.1 Å². The summed E-state index contributed by atoms with van der Waals surface area (Å²) in [5, 5.41) is 14.1. The van der Waals surface area contributed by atoms with Crippen LogP contribution in [0.1, 0.15) is 58.9 Å². The number of halogens is 2. The summed E-state index contributed by atoms with van der Waals surface area (Å²) < 4.78 is 65.8. The molecule has 6 bridgehead atoms. The second-order valence-electron chi connectivity index (χ2n) is 17.8. The van der Waals surface area contributed by atoms with E-state index in [1.54, 1.807) is 45.2 Å². The predicted octanol–water partition coefficient (Wildman–Crippen LogP) is 4.02. The molecule has 8 atom stereocenters. The van der Waals surface area contributed by atoms with E-state index in [0.29, 0.717) is 64.1 Å². The van der Waals surface area contributed by atoms with Crippen molar-refractivity contribution in [3.05, 3.63) is 46.5 Å². The number of carbonyl (C=O) groups is 5. The molecule has 398 valence electrons. The molecule has 0 aliphatic carbocycles. The molecular weight excluding hydrogens is 1090 g/mol. The number of nitrogens with zero attached hydrogens (tertiary/aromatic N) is 2. The molecule has 0 saturated carbocycles. The van der Waals surface area contributed by atoms with Crippen molar-refractivity contribution in [2.75, 3.05) is 105 Å². The van der Waals surface area contributed by atoms with Gasteiger partial charge in [-0.1, -0.05) is 47.4 Å². The quantitative estimate of drug-likeness (QED) is 0.0313. The molecule has 3 saturated heterocycles. The molecule has 5 heterocycles. The van der Waals surface area contributed by atoms with Crippen molar-refractivity contribution in [2.24, 2.45) is 0 Å². The number of fused-ring (bicyclic) bond motifs is 6. The molecule has 2 unspecified atom stereocenters. The number of ether oxygens (including phenoxy) is 11. The SMILES string of the molecule is COc1cc2cc(c1Cl)N(C)C(=O)C[C@H](OC(=O)[C@H](C)OCCOCCOCCOCCOCCOCCN1C(=O)CC(SNI)C1=O)[C@@]1(C)CC(C)(O1)[C@@H]1C[C@@](O)(NC(=O)O1)[C@H](OC)/C=C/C=C(\C)C2. The second-order valence-corrected chi connectivity index (χ2v) is 20.5. The number of likely N-dealkylation sites (tertiary alicyclic amines) is 1. The number of alkyl carbamates (subject to hydrolysis) is 1. The summed E-state index contributed by atoms with van der Waals surface area (Å²) in [5.41, 5.74) is -2.17. The van der Waals surface area contributed by atoms with Gasteiger partial charge in [-0.3, -0.25) is 24.6 Å². The Bertz CT molecular complexity index is 2050. The number of hydrogen-bond acceptors (Lipinski definition) is 19. The predicted molar refractivity (Wildman–Crippen MR) is 268 cm³/mol. The number of nitrogens with one attached hydrogen (secondary N) is 2. The number of aliphatic hydroxyl groups is 1. The first-order valence-corrected chi connectivity index (χ1v) is 25.7. The van der Waals surface area contributed by atoms with E-state index in [4.69, 9.17) is 63.7 Å². The van der Waals surface area contributed by atoms with Crippen LogP contribution in [0, 0.1) is 0 Å². The van der Waals surface area contributed by atoms with E-state index in [1.165, 1.54) is 42.9 Å². The molecule has 4 amide bonds. The van der Waals surface area contributed by atoms with Gasteiger partial charge in [0, 0.05) is 56.3 Å². The van der Waals surface area contributed by atoms with Gasteiger partial charge in [-0.05, 0) is 51.8 Å².